The summed E-state index contributed by atoms with van der Waals surface area (Å²) >= 11 is 0. The fraction of sp³-hybridized carbons (Fsp3) is 0.818. The molecule has 0 aliphatic rings. The molecule has 0 unspecified atom stereocenters. The SMILES string of the molecule is CC.CCCN(C)/C=C(\C)CC. The van der Waals surface area contributed by atoms with Crippen LogP contribution in [-0.4, -0.2) is 18.5 Å². The maximum absolute atomic E-state index is 2.25. The zero-order chi connectivity index (χ0) is 9.98. The molecule has 0 heterocycles. The summed E-state index contributed by atoms with van der Waals surface area (Å²) in [5.41, 5.74) is 1.45. The average Bonchev–Trinajstić information content (AvgIpc) is 2.08. The summed E-state index contributed by atoms with van der Waals surface area (Å²) in [6, 6.07) is 0. The Hall–Kier alpha value is -0.460. The van der Waals surface area contributed by atoms with Gasteiger partial charge in [0.25, 0.3) is 0 Å². The second-order valence-corrected chi connectivity index (χ2v) is 2.81. The van der Waals surface area contributed by atoms with E-state index >= 15 is 0 Å². The summed E-state index contributed by atoms with van der Waals surface area (Å²) in [5, 5.41) is 0. The Morgan fingerprint density at radius 2 is 1.75 bits per heavy atom. The molecular weight excluding hydrogens is 146 g/mol. The molecule has 0 aliphatic heterocycles. The van der Waals surface area contributed by atoms with Crippen LogP contribution in [0.5, 0.6) is 0 Å². The molecule has 0 aromatic rings. The highest BCUT2D eigenvalue weighted by Gasteiger charge is 1.89. The molecule has 0 radical (unpaired) electrons. The Kier molecular flexibility index (Phi) is 12.4. The molecule has 1 nitrogen and oxygen atoms in total. The fourth-order valence-electron chi connectivity index (χ4n) is 0.885. The Labute approximate surface area is 78.5 Å². The summed E-state index contributed by atoms with van der Waals surface area (Å²) in [4.78, 5) is 2.25. The number of nitrogens with zero attached hydrogens (tertiary/aromatic N) is 1. The van der Waals surface area contributed by atoms with Crippen LogP contribution in [0, 0.1) is 0 Å². The van der Waals surface area contributed by atoms with Gasteiger partial charge in [-0.05, 0) is 26.0 Å². The molecule has 0 saturated heterocycles. The van der Waals surface area contributed by atoms with Crippen molar-refractivity contribution in [1.82, 2.24) is 4.90 Å². The van der Waals surface area contributed by atoms with E-state index in [-0.39, 0.29) is 0 Å². The molecule has 74 valence electrons. The lowest BCUT2D eigenvalue weighted by atomic mass is 10.2. The van der Waals surface area contributed by atoms with Gasteiger partial charge in [0.1, 0.15) is 0 Å². The molecule has 0 rings (SSSR count). The largest absolute Gasteiger partial charge is 0.380 e. The number of allylic oxidation sites excluding steroid dienone is 1. The first-order valence-electron chi connectivity index (χ1n) is 5.08. The Morgan fingerprint density at radius 3 is 2.08 bits per heavy atom. The van der Waals surface area contributed by atoms with Gasteiger partial charge in [0.2, 0.25) is 0 Å². The van der Waals surface area contributed by atoms with Gasteiger partial charge in [0.15, 0.2) is 0 Å². The standard InChI is InChI=1S/C9H19N.C2H6/c1-5-7-10(4)8-9(3)6-2;1-2/h8H,5-7H2,1-4H3;1-2H3/b9-8+;. The smallest absolute Gasteiger partial charge is 0.0166 e. The number of rotatable bonds is 4. The average molecular weight is 171 g/mol. The first kappa shape index (κ1) is 14.1. The van der Waals surface area contributed by atoms with E-state index in [0.29, 0.717) is 0 Å². The molecule has 0 saturated carbocycles. The van der Waals surface area contributed by atoms with Gasteiger partial charge in [-0.1, -0.05) is 33.3 Å². The Bertz CT molecular complexity index is 106. The van der Waals surface area contributed by atoms with Crippen LogP contribution in [0.15, 0.2) is 11.8 Å². The van der Waals surface area contributed by atoms with Crippen LogP contribution in [0.25, 0.3) is 0 Å². The van der Waals surface area contributed by atoms with E-state index in [1.807, 2.05) is 13.8 Å². The fourth-order valence-corrected chi connectivity index (χ4v) is 0.885. The topological polar surface area (TPSA) is 3.24 Å². The normalized spacial score (nSPS) is 10.3. The maximum Gasteiger partial charge on any atom is 0.0166 e. The van der Waals surface area contributed by atoms with Crippen molar-refractivity contribution in [1.29, 1.82) is 0 Å². The molecule has 0 aromatic carbocycles. The highest BCUT2D eigenvalue weighted by Crippen LogP contribution is 1.99. The van der Waals surface area contributed by atoms with Crippen LogP contribution < -0.4 is 0 Å². The Balaban J connectivity index is 0. The van der Waals surface area contributed by atoms with Crippen molar-refractivity contribution < 1.29 is 0 Å². The zero-order valence-electron chi connectivity index (χ0n) is 9.65. The lowest BCUT2D eigenvalue weighted by Crippen LogP contribution is -2.11. The quantitative estimate of drug-likeness (QED) is 0.624. The second-order valence-electron chi connectivity index (χ2n) is 2.81. The molecule has 0 amide bonds. The van der Waals surface area contributed by atoms with Crippen molar-refractivity contribution in [2.45, 2.75) is 47.5 Å². The van der Waals surface area contributed by atoms with E-state index in [1.165, 1.54) is 12.0 Å². The lowest BCUT2D eigenvalue weighted by Gasteiger charge is -2.13. The number of hydrogen-bond donors (Lipinski definition) is 0. The molecule has 0 aliphatic carbocycles. The van der Waals surface area contributed by atoms with E-state index in [1.54, 1.807) is 0 Å². The van der Waals surface area contributed by atoms with Gasteiger partial charge in [-0.3, -0.25) is 0 Å². The summed E-state index contributed by atoms with van der Waals surface area (Å²) < 4.78 is 0. The van der Waals surface area contributed by atoms with Crippen LogP contribution in [0.4, 0.5) is 0 Å². The van der Waals surface area contributed by atoms with E-state index in [4.69, 9.17) is 0 Å². The third-order valence-corrected chi connectivity index (χ3v) is 1.57. The molecule has 0 bridgehead atoms. The van der Waals surface area contributed by atoms with E-state index in [9.17, 15) is 0 Å². The van der Waals surface area contributed by atoms with Crippen LogP contribution in [-0.2, 0) is 0 Å². The molecule has 0 fully saturated rings. The molecule has 0 atom stereocenters. The van der Waals surface area contributed by atoms with Crippen molar-refractivity contribution in [2.75, 3.05) is 13.6 Å². The van der Waals surface area contributed by atoms with Crippen molar-refractivity contribution in [3.63, 3.8) is 0 Å². The minimum atomic E-state index is 1.16. The molecule has 0 aromatic heterocycles. The van der Waals surface area contributed by atoms with Gasteiger partial charge in [0, 0.05) is 13.6 Å². The summed E-state index contributed by atoms with van der Waals surface area (Å²) in [6.45, 7) is 11.7. The predicted molar refractivity (Wildman–Crippen MR) is 58.3 cm³/mol. The van der Waals surface area contributed by atoms with Crippen LogP contribution >= 0.6 is 0 Å². The van der Waals surface area contributed by atoms with Crippen molar-refractivity contribution in [3.05, 3.63) is 11.8 Å². The third-order valence-electron chi connectivity index (χ3n) is 1.57. The van der Waals surface area contributed by atoms with Crippen LogP contribution in [0.2, 0.25) is 0 Å². The minimum Gasteiger partial charge on any atom is -0.380 e. The van der Waals surface area contributed by atoms with Gasteiger partial charge in [-0.15, -0.1) is 0 Å². The predicted octanol–water partition coefficient (Wildman–Crippen LogP) is 3.67. The van der Waals surface area contributed by atoms with Crippen molar-refractivity contribution in [2.24, 2.45) is 0 Å². The van der Waals surface area contributed by atoms with Gasteiger partial charge < -0.3 is 4.90 Å². The lowest BCUT2D eigenvalue weighted by molar-refractivity contribution is 0.450. The highest BCUT2D eigenvalue weighted by atomic mass is 15.1. The molecule has 1 heteroatoms. The van der Waals surface area contributed by atoms with E-state index < -0.39 is 0 Å². The van der Waals surface area contributed by atoms with Gasteiger partial charge in [-0.2, -0.15) is 0 Å². The second kappa shape index (κ2) is 10.5. The van der Waals surface area contributed by atoms with Gasteiger partial charge in [0.05, 0.1) is 0 Å². The van der Waals surface area contributed by atoms with Gasteiger partial charge in [-0.25, -0.2) is 0 Å². The molecular formula is C11H25N. The summed E-state index contributed by atoms with van der Waals surface area (Å²) in [7, 11) is 2.13. The minimum absolute atomic E-state index is 1.16. The summed E-state index contributed by atoms with van der Waals surface area (Å²) in [6.07, 6.45) is 4.61. The monoisotopic (exact) mass is 171 g/mol. The summed E-state index contributed by atoms with van der Waals surface area (Å²) in [5.74, 6) is 0. The molecule has 12 heavy (non-hydrogen) atoms. The van der Waals surface area contributed by atoms with Gasteiger partial charge >= 0.3 is 0 Å². The third kappa shape index (κ3) is 9.54. The zero-order valence-corrected chi connectivity index (χ0v) is 9.65. The van der Waals surface area contributed by atoms with Crippen molar-refractivity contribution >= 4 is 0 Å². The van der Waals surface area contributed by atoms with E-state index in [2.05, 4.69) is 38.9 Å². The van der Waals surface area contributed by atoms with Crippen molar-refractivity contribution in [3.8, 4) is 0 Å². The first-order valence-corrected chi connectivity index (χ1v) is 5.08. The molecule has 0 N–H and O–H groups in total. The molecule has 0 spiro atoms. The van der Waals surface area contributed by atoms with E-state index in [0.717, 1.165) is 13.0 Å². The Morgan fingerprint density at radius 1 is 1.25 bits per heavy atom. The number of hydrogen-bond acceptors (Lipinski definition) is 1. The van der Waals surface area contributed by atoms with Crippen LogP contribution in [0.3, 0.4) is 0 Å². The first-order chi connectivity index (χ1) is 5.70. The highest BCUT2D eigenvalue weighted by molar-refractivity contribution is 4.95. The maximum atomic E-state index is 2.25. The van der Waals surface area contributed by atoms with Crippen LogP contribution in [0.1, 0.15) is 47.5 Å².